The Hall–Kier alpha value is -1.29. The predicted octanol–water partition coefficient (Wildman–Crippen LogP) is 5.03. The zero-order valence-corrected chi connectivity index (χ0v) is 12.4. The highest BCUT2D eigenvalue weighted by atomic mass is 35.5. The van der Waals surface area contributed by atoms with E-state index in [9.17, 15) is 4.39 Å². The van der Waals surface area contributed by atoms with Crippen LogP contribution in [-0.4, -0.2) is 6.54 Å². The van der Waals surface area contributed by atoms with Gasteiger partial charge in [0.25, 0.3) is 0 Å². The Morgan fingerprint density at radius 2 is 2.00 bits per heavy atom. The highest BCUT2D eigenvalue weighted by Crippen LogP contribution is 2.34. The van der Waals surface area contributed by atoms with Crippen LogP contribution >= 0.6 is 23.2 Å². The van der Waals surface area contributed by atoms with Gasteiger partial charge >= 0.3 is 0 Å². The van der Waals surface area contributed by atoms with Gasteiger partial charge in [-0.3, -0.25) is 0 Å². The number of halogens is 3. The summed E-state index contributed by atoms with van der Waals surface area (Å²) in [7, 11) is 0. The molecule has 0 fully saturated rings. The minimum atomic E-state index is -0.434. The fourth-order valence-electron chi connectivity index (χ4n) is 1.73. The van der Waals surface area contributed by atoms with Crippen molar-refractivity contribution in [3.8, 4) is 11.5 Å². The van der Waals surface area contributed by atoms with Crippen molar-refractivity contribution in [2.24, 2.45) is 0 Å². The van der Waals surface area contributed by atoms with Gasteiger partial charge in [0.05, 0.1) is 5.02 Å². The number of benzene rings is 2. The number of para-hydroxylation sites is 1. The van der Waals surface area contributed by atoms with Crippen molar-refractivity contribution < 1.29 is 9.13 Å². The molecule has 2 rings (SSSR count). The van der Waals surface area contributed by atoms with E-state index in [-0.39, 0.29) is 5.75 Å². The Kier molecular flexibility index (Phi) is 5.24. The Morgan fingerprint density at radius 3 is 2.75 bits per heavy atom. The third kappa shape index (κ3) is 3.63. The smallest absolute Gasteiger partial charge is 0.167 e. The molecular formula is C15H14Cl2FNO. The maximum absolute atomic E-state index is 14.0. The van der Waals surface area contributed by atoms with Crippen molar-refractivity contribution in [2.45, 2.75) is 13.5 Å². The van der Waals surface area contributed by atoms with E-state index < -0.39 is 5.82 Å². The molecule has 0 bridgehead atoms. The monoisotopic (exact) mass is 313 g/mol. The molecule has 2 nitrogen and oxygen atoms in total. The number of hydrogen-bond donors (Lipinski definition) is 1. The molecular weight excluding hydrogens is 300 g/mol. The molecule has 20 heavy (non-hydrogen) atoms. The summed E-state index contributed by atoms with van der Waals surface area (Å²) in [5, 5.41) is 4.00. The molecule has 0 saturated heterocycles. The van der Waals surface area contributed by atoms with Gasteiger partial charge in [-0.05, 0) is 24.7 Å². The van der Waals surface area contributed by atoms with E-state index in [0.717, 1.165) is 12.1 Å². The normalized spacial score (nSPS) is 10.6. The maximum atomic E-state index is 14.0. The number of rotatable bonds is 5. The number of hydrogen-bond acceptors (Lipinski definition) is 2. The molecule has 0 radical (unpaired) electrons. The molecule has 0 aliphatic heterocycles. The second-order valence-corrected chi connectivity index (χ2v) is 5.03. The van der Waals surface area contributed by atoms with Crippen molar-refractivity contribution in [1.82, 2.24) is 5.32 Å². The lowest BCUT2D eigenvalue weighted by Gasteiger charge is -2.13. The van der Waals surface area contributed by atoms with Crippen molar-refractivity contribution >= 4 is 23.2 Å². The molecule has 2 aromatic rings. The van der Waals surface area contributed by atoms with Crippen molar-refractivity contribution in [1.29, 1.82) is 0 Å². The third-order valence-corrected chi connectivity index (χ3v) is 3.27. The van der Waals surface area contributed by atoms with Gasteiger partial charge in [0, 0.05) is 23.2 Å². The van der Waals surface area contributed by atoms with Crippen LogP contribution in [-0.2, 0) is 6.54 Å². The summed E-state index contributed by atoms with van der Waals surface area (Å²) in [6.45, 7) is 3.28. The van der Waals surface area contributed by atoms with Gasteiger partial charge in [-0.25, -0.2) is 4.39 Å². The number of nitrogens with one attached hydrogen (secondary N) is 1. The Labute approximate surface area is 127 Å². The molecule has 1 N–H and O–H groups in total. The average molecular weight is 314 g/mol. The molecule has 0 saturated carbocycles. The van der Waals surface area contributed by atoms with Gasteiger partial charge in [-0.2, -0.15) is 0 Å². The van der Waals surface area contributed by atoms with Gasteiger partial charge in [-0.1, -0.05) is 42.3 Å². The predicted molar refractivity (Wildman–Crippen MR) is 80.3 cm³/mol. The van der Waals surface area contributed by atoms with Crippen LogP contribution in [0.25, 0.3) is 0 Å². The van der Waals surface area contributed by atoms with Crippen molar-refractivity contribution in [2.75, 3.05) is 6.54 Å². The molecule has 0 aliphatic carbocycles. The fourth-order valence-corrected chi connectivity index (χ4v) is 2.05. The van der Waals surface area contributed by atoms with Crippen LogP contribution in [0.5, 0.6) is 11.5 Å². The van der Waals surface area contributed by atoms with Crippen LogP contribution in [0.15, 0.2) is 36.4 Å². The Morgan fingerprint density at radius 1 is 1.20 bits per heavy atom. The molecule has 0 atom stereocenters. The molecule has 0 heterocycles. The summed E-state index contributed by atoms with van der Waals surface area (Å²) in [4.78, 5) is 0. The Balaban J connectivity index is 2.34. The van der Waals surface area contributed by atoms with Gasteiger partial charge in [0.15, 0.2) is 11.6 Å². The summed E-state index contributed by atoms with van der Waals surface area (Å²) in [6.07, 6.45) is 0. The topological polar surface area (TPSA) is 21.3 Å². The first-order valence-corrected chi connectivity index (χ1v) is 6.98. The van der Waals surface area contributed by atoms with E-state index in [1.54, 1.807) is 30.3 Å². The first-order chi connectivity index (χ1) is 9.61. The van der Waals surface area contributed by atoms with Crippen molar-refractivity contribution in [3.63, 3.8) is 0 Å². The molecule has 2 aromatic carbocycles. The summed E-state index contributed by atoms with van der Waals surface area (Å²) in [5.41, 5.74) is 0.725. The maximum Gasteiger partial charge on any atom is 0.167 e. The van der Waals surface area contributed by atoms with Crippen molar-refractivity contribution in [3.05, 3.63) is 57.8 Å². The van der Waals surface area contributed by atoms with E-state index >= 15 is 0 Å². The average Bonchev–Trinajstić information content (AvgIpc) is 2.43. The van der Waals surface area contributed by atoms with E-state index in [1.807, 2.05) is 6.92 Å². The lowest BCUT2D eigenvalue weighted by molar-refractivity contribution is 0.434. The summed E-state index contributed by atoms with van der Waals surface area (Å²) in [6, 6.07) is 9.63. The summed E-state index contributed by atoms with van der Waals surface area (Å²) in [5.74, 6) is 0.0658. The molecule has 0 aromatic heterocycles. The van der Waals surface area contributed by atoms with Crippen LogP contribution in [0.3, 0.4) is 0 Å². The second kappa shape index (κ2) is 6.93. The SMILES string of the molecule is CCNCc1cccc(F)c1Oc1cc(Cl)ccc1Cl. The zero-order chi connectivity index (χ0) is 14.5. The number of ether oxygens (including phenoxy) is 1. The first-order valence-electron chi connectivity index (χ1n) is 6.23. The molecule has 106 valence electrons. The van der Waals surface area contributed by atoms with E-state index in [2.05, 4.69) is 5.32 Å². The lowest BCUT2D eigenvalue weighted by Crippen LogP contribution is -2.12. The van der Waals surface area contributed by atoms with Crippen LogP contribution in [0.2, 0.25) is 10.0 Å². The largest absolute Gasteiger partial charge is 0.452 e. The lowest BCUT2D eigenvalue weighted by atomic mass is 10.2. The molecule has 0 spiro atoms. The quantitative estimate of drug-likeness (QED) is 0.835. The van der Waals surface area contributed by atoms with E-state index in [4.69, 9.17) is 27.9 Å². The van der Waals surface area contributed by atoms with Gasteiger partial charge < -0.3 is 10.1 Å². The van der Waals surface area contributed by atoms with E-state index in [0.29, 0.717) is 22.3 Å². The van der Waals surface area contributed by atoms with Gasteiger partial charge in [-0.15, -0.1) is 0 Å². The minimum Gasteiger partial charge on any atom is -0.452 e. The van der Waals surface area contributed by atoms with E-state index in [1.165, 1.54) is 6.07 Å². The van der Waals surface area contributed by atoms with Crippen LogP contribution in [0, 0.1) is 5.82 Å². The summed E-state index contributed by atoms with van der Waals surface area (Å²) >= 11 is 11.9. The standard InChI is InChI=1S/C15H14Cl2FNO/c1-2-19-9-10-4-3-5-13(18)15(10)20-14-8-11(16)6-7-12(14)17/h3-8,19H,2,9H2,1H3. The second-order valence-electron chi connectivity index (χ2n) is 4.19. The molecule has 5 heteroatoms. The third-order valence-electron chi connectivity index (χ3n) is 2.72. The zero-order valence-electron chi connectivity index (χ0n) is 10.9. The molecule has 0 unspecified atom stereocenters. The molecule has 0 aliphatic rings. The highest BCUT2D eigenvalue weighted by Gasteiger charge is 2.13. The Bertz CT molecular complexity index is 604. The van der Waals surface area contributed by atoms with Gasteiger partial charge in [0.2, 0.25) is 0 Å². The molecule has 0 amide bonds. The fraction of sp³-hybridized carbons (Fsp3) is 0.200. The van der Waals surface area contributed by atoms with Crippen LogP contribution < -0.4 is 10.1 Å². The summed E-state index contributed by atoms with van der Waals surface area (Å²) < 4.78 is 19.6. The van der Waals surface area contributed by atoms with Crippen LogP contribution in [0.1, 0.15) is 12.5 Å². The minimum absolute atomic E-state index is 0.164. The first kappa shape index (κ1) is 15.1. The highest BCUT2D eigenvalue weighted by molar-refractivity contribution is 6.34. The van der Waals surface area contributed by atoms with Crippen LogP contribution in [0.4, 0.5) is 4.39 Å². The van der Waals surface area contributed by atoms with Gasteiger partial charge in [0.1, 0.15) is 5.75 Å².